The molecule has 0 aromatic carbocycles. The first-order chi connectivity index (χ1) is 8.65. The average molecular weight is 306 g/mol. The quantitative estimate of drug-likeness (QED) is 0.929. The number of nitrogens with zero attached hydrogens (tertiary/aromatic N) is 1. The Morgan fingerprint density at radius 3 is 3.11 bits per heavy atom. The number of rotatable bonds is 4. The van der Waals surface area contributed by atoms with Crippen molar-refractivity contribution in [2.24, 2.45) is 0 Å². The summed E-state index contributed by atoms with van der Waals surface area (Å²) in [6.45, 7) is 1.27. The van der Waals surface area contributed by atoms with E-state index in [2.05, 4.69) is 0 Å². The zero-order valence-corrected chi connectivity index (χ0v) is 12.4. The predicted molar refractivity (Wildman–Crippen MR) is 77.3 cm³/mol. The van der Waals surface area contributed by atoms with Gasteiger partial charge in [0, 0.05) is 23.7 Å². The third-order valence-corrected chi connectivity index (χ3v) is 5.23. The van der Waals surface area contributed by atoms with Gasteiger partial charge >= 0.3 is 0 Å². The molecule has 1 aromatic rings. The van der Waals surface area contributed by atoms with Crippen molar-refractivity contribution >= 4 is 40.6 Å². The molecule has 0 saturated carbocycles. The highest BCUT2D eigenvalue weighted by Crippen LogP contribution is 2.25. The van der Waals surface area contributed by atoms with Gasteiger partial charge in [0.25, 0.3) is 0 Å². The molecule has 0 aliphatic carbocycles. The summed E-state index contributed by atoms with van der Waals surface area (Å²) in [6, 6.07) is 3.88. The van der Waals surface area contributed by atoms with Gasteiger partial charge in [0.1, 0.15) is 0 Å². The second-order valence-electron chi connectivity index (χ2n) is 4.33. The van der Waals surface area contributed by atoms with Crippen molar-refractivity contribution in [3.63, 3.8) is 0 Å². The fraction of sp³-hybridized carbons (Fsp3) is 0.583. The van der Waals surface area contributed by atoms with Crippen molar-refractivity contribution in [3.05, 3.63) is 21.3 Å². The summed E-state index contributed by atoms with van der Waals surface area (Å²) in [7, 11) is 0. The molecule has 3 nitrogen and oxygen atoms in total. The van der Waals surface area contributed by atoms with E-state index in [0.29, 0.717) is 12.3 Å². The molecular formula is C12H16ClNO2S2. The maximum atomic E-state index is 11.9. The molecule has 18 heavy (non-hydrogen) atoms. The number of aliphatic hydroxyl groups is 1. The van der Waals surface area contributed by atoms with Crippen LogP contribution in [0.5, 0.6) is 0 Å². The number of carbonyl (C=O) groups is 1. The van der Waals surface area contributed by atoms with Gasteiger partial charge in [-0.2, -0.15) is 0 Å². The number of hydrogen-bond acceptors (Lipinski definition) is 4. The molecule has 0 unspecified atom stereocenters. The molecule has 1 aliphatic heterocycles. The Hall–Kier alpha value is -0.230. The highest BCUT2D eigenvalue weighted by molar-refractivity contribution is 7.99. The molecule has 1 fully saturated rings. The topological polar surface area (TPSA) is 40.5 Å². The first kappa shape index (κ1) is 14.2. The fourth-order valence-electron chi connectivity index (χ4n) is 1.94. The Balaban J connectivity index is 1.71. The maximum Gasteiger partial charge on any atom is 0.232 e. The number of piperidine rings is 1. The number of halogens is 1. The van der Waals surface area contributed by atoms with Crippen LogP contribution in [0.25, 0.3) is 0 Å². The van der Waals surface area contributed by atoms with E-state index >= 15 is 0 Å². The molecule has 6 heteroatoms. The molecule has 1 aromatic heterocycles. The zero-order valence-electron chi connectivity index (χ0n) is 9.97. The fourth-order valence-corrected chi connectivity index (χ4v) is 4.07. The molecule has 0 spiro atoms. The van der Waals surface area contributed by atoms with E-state index in [1.165, 1.54) is 4.88 Å². The summed E-state index contributed by atoms with van der Waals surface area (Å²) in [5, 5.41) is 9.52. The van der Waals surface area contributed by atoms with Crippen molar-refractivity contribution in [3.8, 4) is 0 Å². The first-order valence-corrected chi connectivity index (χ1v) is 8.28. The van der Waals surface area contributed by atoms with Gasteiger partial charge in [-0.05, 0) is 25.0 Å². The van der Waals surface area contributed by atoms with Crippen LogP contribution in [0.15, 0.2) is 12.1 Å². The number of likely N-dealkylation sites (tertiary alicyclic amines) is 1. The van der Waals surface area contributed by atoms with Gasteiger partial charge in [-0.25, -0.2) is 0 Å². The SMILES string of the molecule is O=C(CSCc1ccc(Cl)s1)N1CCC[C@H](O)C1. The summed E-state index contributed by atoms with van der Waals surface area (Å²) >= 11 is 9.00. The molecule has 0 radical (unpaired) electrons. The number of carbonyl (C=O) groups excluding carboxylic acids is 1. The van der Waals surface area contributed by atoms with Crippen molar-refractivity contribution in [2.45, 2.75) is 24.7 Å². The van der Waals surface area contributed by atoms with Gasteiger partial charge < -0.3 is 10.0 Å². The number of amides is 1. The molecular weight excluding hydrogens is 290 g/mol. The second kappa shape index (κ2) is 6.80. The normalized spacial score (nSPS) is 20.1. The van der Waals surface area contributed by atoms with Crippen LogP contribution in [-0.2, 0) is 10.5 Å². The van der Waals surface area contributed by atoms with Gasteiger partial charge in [0.2, 0.25) is 5.91 Å². The number of hydrogen-bond donors (Lipinski definition) is 1. The third kappa shape index (κ3) is 4.16. The van der Waals surface area contributed by atoms with Gasteiger partial charge in [-0.15, -0.1) is 23.1 Å². The van der Waals surface area contributed by atoms with Crippen LogP contribution in [0.2, 0.25) is 4.34 Å². The standard InChI is InChI=1S/C12H16ClNO2S2/c13-11-4-3-10(18-11)7-17-8-12(16)14-5-1-2-9(15)6-14/h3-4,9,15H,1-2,5-8H2/t9-/m0/s1. The van der Waals surface area contributed by atoms with Crippen molar-refractivity contribution < 1.29 is 9.90 Å². The van der Waals surface area contributed by atoms with Gasteiger partial charge in [-0.3, -0.25) is 4.79 Å². The van der Waals surface area contributed by atoms with Crippen LogP contribution in [0.4, 0.5) is 0 Å². The summed E-state index contributed by atoms with van der Waals surface area (Å²) in [4.78, 5) is 14.9. The Morgan fingerprint density at radius 1 is 1.61 bits per heavy atom. The van der Waals surface area contributed by atoms with Crippen LogP contribution in [0.3, 0.4) is 0 Å². The van der Waals surface area contributed by atoms with Gasteiger partial charge in [-0.1, -0.05) is 11.6 Å². The van der Waals surface area contributed by atoms with Crippen molar-refractivity contribution in [2.75, 3.05) is 18.8 Å². The van der Waals surface area contributed by atoms with Crippen LogP contribution in [0, 0.1) is 0 Å². The van der Waals surface area contributed by atoms with Crippen molar-refractivity contribution in [1.29, 1.82) is 0 Å². The van der Waals surface area contributed by atoms with Crippen LogP contribution in [-0.4, -0.2) is 40.9 Å². The van der Waals surface area contributed by atoms with E-state index in [0.717, 1.165) is 29.5 Å². The van der Waals surface area contributed by atoms with Gasteiger partial charge in [0.05, 0.1) is 16.2 Å². The zero-order chi connectivity index (χ0) is 13.0. The highest BCUT2D eigenvalue weighted by Gasteiger charge is 2.21. The van der Waals surface area contributed by atoms with Crippen LogP contribution < -0.4 is 0 Å². The Labute approximate surface area is 120 Å². The lowest BCUT2D eigenvalue weighted by atomic mass is 10.1. The van der Waals surface area contributed by atoms with Crippen LogP contribution in [0.1, 0.15) is 17.7 Å². The predicted octanol–water partition coefficient (Wildman–Crippen LogP) is 2.62. The number of β-amino-alcohol motifs (C(OH)–C–C–N with tert-alkyl or cyclic N) is 1. The molecule has 1 amide bonds. The molecule has 2 rings (SSSR count). The number of aliphatic hydroxyl groups excluding tert-OH is 1. The highest BCUT2D eigenvalue weighted by atomic mass is 35.5. The molecule has 1 aliphatic rings. The molecule has 1 N–H and O–H groups in total. The van der Waals surface area contributed by atoms with E-state index in [1.54, 1.807) is 28.0 Å². The first-order valence-electron chi connectivity index (χ1n) is 5.93. The minimum atomic E-state index is -0.344. The minimum absolute atomic E-state index is 0.126. The van der Waals surface area contributed by atoms with Crippen molar-refractivity contribution in [1.82, 2.24) is 4.90 Å². The molecule has 0 bridgehead atoms. The lowest BCUT2D eigenvalue weighted by Gasteiger charge is -2.30. The molecule has 100 valence electrons. The lowest BCUT2D eigenvalue weighted by Crippen LogP contribution is -2.43. The third-order valence-electron chi connectivity index (χ3n) is 2.85. The molecule has 2 heterocycles. The largest absolute Gasteiger partial charge is 0.391 e. The second-order valence-corrected chi connectivity index (χ2v) is 7.12. The minimum Gasteiger partial charge on any atom is -0.391 e. The maximum absolute atomic E-state index is 11.9. The van der Waals surface area contributed by atoms with E-state index in [4.69, 9.17) is 11.6 Å². The summed E-state index contributed by atoms with van der Waals surface area (Å²) < 4.78 is 0.788. The monoisotopic (exact) mass is 305 g/mol. The summed E-state index contributed by atoms with van der Waals surface area (Å²) in [5.41, 5.74) is 0. The Morgan fingerprint density at radius 2 is 2.44 bits per heavy atom. The average Bonchev–Trinajstić information content (AvgIpc) is 2.75. The Kier molecular flexibility index (Phi) is 5.36. The smallest absolute Gasteiger partial charge is 0.232 e. The number of thiophene rings is 1. The van der Waals surface area contributed by atoms with Gasteiger partial charge in [0.15, 0.2) is 0 Å². The summed E-state index contributed by atoms with van der Waals surface area (Å²) in [5.74, 6) is 1.42. The number of thioether (sulfide) groups is 1. The van der Waals surface area contributed by atoms with E-state index in [1.807, 2.05) is 12.1 Å². The summed E-state index contributed by atoms with van der Waals surface area (Å²) in [6.07, 6.45) is 1.37. The molecule has 1 saturated heterocycles. The Bertz CT molecular complexity index is 411. The molecule has 1 atom stereocenters. The lowest BCUT2D eigenvalue weighted by molar-refractivity contribution is -0.131. The van der Waals surface area contributed by atoms with E-state index in [-0.39, 0.29) is 12.0 Å². The van der Waals surface area contributed by atoms with E-state index < -0.39 is 0 Å². The van der Waals surface area contributed by atoms with Crippen LogP contribution >= 0.6 is 34.7 Å². The van der Waals surface area contributed by atoms with E-state index in [9.17, 15) is 9.90 Å².